The first-order chi connectivity index (χ1) is 15.2. The lowest BCUT2D eigenvalue weighted by Gasteiger charge is -2.28. The second kappa shape index (κ2) is 10.4. The summed E-state index contributed by atoms with van der Waals surface area (Å²) in [5, 5.41) is 0. The molecule has 2 aliphatic heterocycles. The number of likely N-dealkylation sites (N-methyl/N-ethyl adjacent to an activating group) is 1. The number of carbonyl (C=O) groups excluding carboxylic acids is 2. The van der Waals surface area contributed by atoms with Gasteiger partial charge in [0.15, 0.2) is 21.3 Å². The molecule has 2 heterocycles. The third-order valence-electron chi connectivity index (χ3n) is 5.18. The molecule has 2 unspecified atom stereocenters. The molecular weight excluding hydrogens is 442 g/mol. The van der Waals surface area contributed by atoms with Gasteiger partial charge in [0, 0.05) is 19.5 Å². The summed E-state index contributed by atoms with van der Waals surface area (Å²) in [5.74, 6) is 0.750. The van der Waals surface area contributed by atoms with Gasteiger partial charge in [0.1, 0.15) is 0 Å². The van der Waals surface area contributed by atoms with E-state index in [1.54, 1.807) is 4.90 Å². The van der Waals surface area contributed by atoms with Crippen LogP contribution in [0.4, 0.5) is 4.79 Å². The zero-order valence-corrected chi connectivity index (χ0v) is 19.3. The van der Waals surface area contributed by atoms with Crippen molar-refractivity contribution in [3.63, 3.8) is 0 Å². The van der Waals surface area contributed by atoms with Crippen LogP contribution in [-0.4, -0.2) is 75.3 Å². The number of hydrogen-bond donors (Lipinski definition) is 0. The van der Waals surface area contributed by atoms with Crippen molar-refractivity contribution in [2.75, 3.05) is 31.5 Å². The Balaban J connectivity index is 1.40. The molecule has 0 aromatic heterocycles. The molecule has 1 amide bonds. The number of benzene rings is 1. The molecule has 0 spiro atoms. The Morgan fingerprint density at radius 2 is 1.88 bits per heavy atom. The fourth-order valence-corrected chi connectivity index (χ4v) is 4.77. The van der Waals surface area contributed by atoms with E-state index in [-0.39, 0.29) is 43.5 Å². The molecule has 3 rings (SSSR count). The molecule has 0 radical (unpaired) electrons. The normalized spacial score (nSPS) is 18.3. The van der Waals surface area contributed by atoms with Gasteiger partial charge in [-0.15, -0.1) is 0 Å². The van der Waals surface area contributed by atoms with Crippen LogP contribution in [0.2, 0.25) is 0 Å². The van der Waals surface area contributed by atoms with Crippen LogP contribution in [0, 0.1) is 0 Å². The minimum atomic E-state index is -2.97. The molecule has 1 aromatic rings. The molecule has 0 bridgehead atoms. The van der Waals surface area contributed by atoms with Crippen molar-refractivity contribution >= 4 is 21.9 Å². The quantitative estimate of drug-likeness (QED) is 0.372. The van der Waals surface area contributed by atoms with E-state index in [9.17, 15) is 18.0 Å². The van der Waals surface area contributed by atoms with Gasteiger partial charge in [0.2, 0.25) is 13.1 Å². The lowest BCUT2D eigenvalue weighted by atomic mass is 10.1. The fraction of sp³-hybridized carbons (Fsp3) is 0.619. The summed E-state index contributed by atoms with van der Waals surface area (Å²) in [6.45, 7) is 5.88. The standard InChI is InChI=1S/C21H29NO9S/c1-4-22(14(2)9-16-5-6-18-19(10-16)29-13-28-18)21(24)31-15(3)30-20(23)7-8-27-17-11-32(25,26)12-17/h5-6,10,14-15,17H,4,7-9,11-13H2,1-3H3. The molecule has 0 saturated carbocycles. The van der Waals surface area contributed by atoms with Crippen LogP contribution in [0.1, 0.15) is 32.8 Å². The lowest BCUT2D eigenvalue weighted by molar-refractivity contribution is -0.167. The van der Waals surface area contributed by atoms with E-state index in [0.717, 1.165) is 5.56 Å². The summed E-state index contributed by atoms with van der Waals surface area (Å²) in [6.07, 6.45) is -1.49. The van der Waals surface area contributed by atoms with Crippen LogP contribution in [0.25, 0.3) is 0 Å². The highest BCUT2D eigenvalue weighted by Crippen LogP contribution is 2.33. The van der Waals surface area contributed by atoms with Gasteiger partial charge in [0.05, 0.1) is 30.6 Å². The van der Waals surface area contributed by atoms with Gasteiger partial charge >= 0.3 is 12.1 Å². The molecule has 178 valence electrons. The second-order valence-electron chi connectivity index (χ2n) is 7.79. The minimum absolute atomic E-state index is 0.0205. The average molecular weight is 472 g/mol. The first kappa shape index (κ1) is 24.1. The Kier molecular flexibility index (Phi) is 7.83. The van der Waals surface area contributed by atoms with E-state index in [4.69, 9.17) is 23.7 Å². The highest BCUT2D eigenvalue weighted by atomic mass is 32.2. The molecule has 0 N–H and O–H groups in total. The van der Waals surface area contributed by atoms with E-state index in [1.807, 2.05) is 32.0 Å². The molecule has 1 fully saturated rings. The van der Waals surface area contributed by atoms with Gasteiger partial charge in [-0.25, -0.2) is 13.2 Å². The van der Waals surface area contributed by atoms with Crippen LogP contribution in [0.15, 0.2) is 18.2 Å². The summed E-state index contributed by atoms with van der Waals surface area (Å²) in [7, 11) is -2.97. The predicted molar refractivity (Wildman–Crippen MR) is 113 cm³/mol. The van der Waals surface area contributed by atoms with Crippen LogP contribution in [0.5, 0.6) is 11.5 Å². The van der Waals surface area contributed by atoms with Crippen LogP contribution >= 0.6 is 0 Å². The lowest BCUT2D eigenvalue weighted by Crippen LogP contribution is -2.43. The number of esters is 1. The highest BCUT2D eigenvalue weighted by molar-refractivity contribution is 7.92. The number of sulfone groups is 1. The SMILES string of the molecule is CCN(C(=O)OC(C)OC(=O)CCOC1CS(=O)(=O)C1)C(C)Cc1ccc2c(c1)OCO2. The van der Waals surface area contributed by atoms with E-state index in [2.05, 4.69) is 0 Å². The first-order valence-corrected chi connectivity index (χ1v) is 12.4. The zero-order valence-electron chi connectivity index (χ0n) is 18.4. The topological polar surface area (TPSA) is 118 Å². The van der Waals surface area contributed by atoms with Crippen molar-refractivity contribution < 1.29 is 41.7 Å². The number of ether oxygens (including phenoxy) is 5. The van der Waals surface area contributed by atoms with E-state index >= 15 is 0 Å². The molecule has 32 heavy (non-hydrogen) atoms. The molecule has 1 aromatic carbocycles. The molecule has 0 aliphatic carbocycles. The molecule has 2 atom stereocenters. The van der Waals surface area contributed by atoms with E-state index in [1.165, 1.54) is 6.92 Å². The van der Waals surface area contributed by atoms with Crippen molar-refractivity contribution in [1.82, 2.24) is 4.90 Å². The second-order valence-corrected chi connectivity index (χ2v) is 9.94. The number of rotatable bonds is 10. The summed E-state index contributed by atoms with van der Waals surface area (Å²) in [6, 6.07) is 5.50. The average Bonchev–Trinajstić information content (AvgIpc) is 3.14. The minimum Gasteiger partial charge on any atom is -0.454 e. The van der Waals surface area contributed by atoms with Gasteiger partial charge < -0.3 is 28.6 Å². The Morgan fingerprint density at radius 3 is 2.56 bits per heavy atom. The van der Waals surface area contributed by atoms with Gasteiger partial charge in [-0.1, -0.05) is 6.07 Å². The number of fused-ring (bicyclic) bond motifs is 1. The van der Waals surface area contributed by atoms with Crippen LogP contribution < -0.4 is 9.47 Å². The van der Waals surface area contributed by atoms with Gasteiger partial charge in [-0.2, -0.15) is 0 Å². The zero-order chi connectivity index (χ0) is 23.3. The fourth-order valence-electron chi connectivity index (χ4n) is 3.54. The largest absolute Gasteiger partial charge is 0.454 e. The molecule has 10 nitrogen and oxygen atoms in total. The van der Waals surface area contributed by atoms with E-state index < -0.39 is 28.2 Å². The monoisotopic (exact) mass is 471 g/mol. The molecule has 2 aliphatic rings. The molecule has 11 heteroatoms. The summed E-state index contributed by atoms with van der Waals surface area (Å²) in [4.78, 5) is 26.0. The smallest absolute Gasteiger partial charge is 0.413 e. The summed E-state index contributed by atoms with van der Waals surface area (Å²) < 4.78 is 48.6. The maximum absolute atomic E-state index is 12.6. The number of amides is 1. The Hall–Kier alpha value is -2.53. The van der Waals surface area contributed by atoms with Crippen LogP contribution in [0.3, 0.4) is 0 Å². The Bertz CT molecular complexity index is 921. The Labute approximate surface area is 187 Å². The van der Waals surface area contributed by atoms with Crippen LogP contribution in [-0.2, 0) is 35.3 Å². The summed E-state index contributed by atoms with van der Waals surface area (Å²) in [5.41, 5.74) is 0.992. The number of hydrogen-bond acceptors (Lipinski definition) is 9. The van der Waals surface area contributed by atoms with Gasteiger partial charge in [0.25, 0.3) is 0 Å². The van der Waals surface area contributed by atoms with Crippen molar-refractivity contribution in [3.05, 3.63) is 23.8 Å². The van der Waals surface area contributed by atoms with Gasteiger partial charge in [-0.3, -0.25) is 4.79 Å². The van der Waals surface area contributed by atoms with Crippen molar-refractivity contribution in [2.24, 2.45) is 0 Å². The van der Waals surface area contributed by atoms with Crippen molar-refractivity contribution in [1.29, 1.82) is 0 Å². The summed E-state index contributed by atoms with van der Waals surface area (Å²) >= 11 is 0. The number of nitrogens with zero attached hydrogens (tertiary/aromatic N) is 1. The maximum atomic E-state index is 12.6. The molecular formula is C21H29NO9S. The predicted octanol–water partition coefficient (Wildman–Crippen LogP) is 1.90. The van der Waals surface area contributed by atoms with Crippen molar-refractivity contribution in [3.8, 4) is 11.5 Å². The highest BCUT2D eigenvalue weighted by Gasteiger charge is 2.34. The third kappa shape index (κ3) is 6.49. The first-order valence-electron chi connectivity index (χ1n) is 10.5. The number of carbonyl (C=O) groups is 2. The van der Waals surface area contributed by atoms with E-state index in [0.29, 0.717) is 24.5 Å². The van der Waals surface area contributed by atoms with Gasteiger partial charge in [-0.05, 0) is 38.0 Å². The maximum Gasteiger partial charge on any atom is 0.413 e. The Morgan fingerprint density at radius 1 is 1.16 bits per heavy atom. The third-order valence-corrected chi connectivity index (χ3v) is 6.94. The van der Waals surface area contributed by atoms with Crippen molar-refractivity contribution in [2.45, 2.75) is 52.0 Å². The molecule has 1 saturated heterocycles.